The summed E-state index contributed by atoms with van der Waals surface area (Å²) in [6.45, 7) is 2.05. The lowest BCUT2D eigenvalue weighted by Gasteiger charge is -2.04. The first-order valence-electron chi connectivity index (χ1n) is 4.54. The van der Waals surface area contributed by atoms with Crippen LogP contribution in [0.25, 0.3) is 0 Å². The molecule has 0 spiro atoms. The fourth-order valence-corrected chi connectivity index (χ4v) is 1.18. The molecule has 2 N–H and O–H groups in total. The fourth-order valence-electron chi connectivity index (χ4n) is 1.18. The highest BCUT2D eigenvalue weighted by molar-refractivity contribution is 5.37. The highest BCUT2D eigenvalue weighted by atomic mass is 16.5. The minimum atomic E-state index is 0.116. The van der Waals surface area contributed by atoms with Gasteiger partial charge in [0, 0.05) is 0 Å². The van der Waals surface area contributed by atoms with E-state index in [0.29, 0.717) is 11.6 Å². The van der Waals surface area contributed by atoms with Gasteiger partial charge in [-0.15, -0.1) is 0 Å². The van der Waals surface area contributed by atoms with Gasteiger partial charge in [-0.1, -0.05) is 12.1 Å². The number of aromatic amines is 1. The van der Waals surface area contributed by atoms with Crippen LogP contribution in [0.2, 0.25) is 0 Å². The van der Waals surface area contributed by atoms with Crippen molar-refractivity contribution in [1.82, 2.24) is 15.2 Å². The van der Waals surface area contributed by atoms with E-state index in [0.717, 1.165) is 5.82 Å². The third-order valence-electron chi connectivity index (χ3n) is 1.87. The van der Waals surface area contributed by atoms with Crippen LogP contribution < -0.4 is 4.74 Å². The van der Waals surface area contributed by atoms with Gasteiger partial charge >= 0.3 is 0 Å². The number of H-pyrrole nitrogens is 1. The van der Waals surface area contributed by atoms with Crippen molar-refractivity contribution in [3.05, 3.63) is 35.9 Å². The summed E-state index contributed by atoms with van der Waals surface area (Å²) < 4.78 is 5.34. The van der Waals surface area contributed by atoms with E-state index in [4.69, 9.17) is 4.74 Å². The molecule has 2 rings (SSSR count). The molecule has 0 aliphatic carbocycles. The lowest BCUT2D eigenvalue weighted by Crippen LogP contribution is -1.97. The lowest BCUT2D eigenvalue weighted by molar-refractivity contribution is 0.280. The molecule has 2 aromatic rings. The highest BCUT2D eigenvalue weighted by Gasteiger charge is 2.03. The standard InChI is InChI=1S/C10H11N3O2/c1-7-11-10(13-12-7)6-15-9-5-3-2-4-8(9)14/h2-5,14H,6H2,1H3,(H,11,12,13). The largest absolute Gasteiger partial charge is 0.504 e. The van der Waals surface area contributed by atoms with Crippen LogP contribution in [0.3, 0.4) is 0 Å². The molecule has 15 heavy (non-hydrogen) atoms. The molecule has 0 atom stereocenters. The van der Waals surface area contributed by atoms with Crippen LogP contribution >= 0.6 is 0 Å². The third-order valence-corrected chi connectivity index (χ3v) is 1.87. The quantitative estimate of drug-likeness (QED) is 0.794. The fraction of sp³-hybridized carbons (Fsp3) is 0.200. The van der Waals surface area contributed by atoms with Gasteiger partial charge < -0.3 is 9.84 Å². The number of nitrogens with zero attached hydrogens (tertiary/aromatic N) is 2. The van der Waals surface area contributed by atoms with Crippen LogP contribution in [0.15, 0.2) is 24.3 Å². The Balaban J connectivity index is 2.02. The molecule has 0 fully saturated rings. The zero-order chi connectivity index (χ0) is 10.7. The molecule has 1 aromatic heterocycles. The Morgan fingerprint density at radius 3 is 2.87 bits per heavy atom. The number of phenols is 1. The number of nitrogens with one attached hydrogen (secondary N) is 1. The summed E-state index contributed by atoms with van der Waals surface area (Å²) >= 11 is 0. The number of ether oxygens (including phenoxy) is 1. The van der Waals surface area contributed by atoms with Crippen molar-refractivity contribution in [2.75, 3.05) is 0 Å². The van der Waals surface area contributed by atoms with E-state index in [-0.39, 0.29) is 12.4 Å². The maximum absolute atomic E-state index is 9.42. The van der Waals surface area contributed by atoms with Crippen molar-refractivity contribution >= 4 is 0 Å². The molecule has 5 nitrogen and oxygen atoms in total. The summed E-state index contributed by atoms with van der Waals surface area (Å²) in [6.07, 6.45) is 0. The van der Waals surface area contributed by atoms with Crippen molar-refractivity contribution in [3.8, 4) is 11.5 Å². The summed E-state index contributed by atoms with van der Waals surface area (Å²) in [5.74, 6) is 1.85. The van der Waals surface area contributed by atoms with Crippen LogP contribution in [0.1, 0.15) is 11.6 Å². The lowest BCUT2D eigenvalue weighted by atomic mass is 10.3. The van der Waals surface area contributed by atoms with Crippen LogP contribution in [0.5, 0.6) is 11.5 Å². The minimum absolute atomic E-state index is 0.116. The molecule has 5 heteroatoms. The third kappa shape index (κ3) is 2.25. The maximum atomic E-state index is 9.42. The van der Waals surface area contributed by atoms with E-state index in [1.807, 2.05) is 6.92 Å². The summed E-state index contributed by atoms with van der Waals surface area (Å²) in [7, 11) is 0. The van der Waals surface area contributed by atoms with E-state index in [1.54, 1.807) is 24.3 Å². The Morgan fingerprint density at radius 2 is 2.20 bits per heavy atom. The molecule has 78 valence electrons. The van der Waals surface area contributed by atoms with Crippen molar-refractivity contribution in [2.24, 2.45) is 0 Å². The molecule has 1 heterocycles. The van der Waals surface area contributed by atoms with Gasteiger partial charge in [-0.25, -0.2) is 4.98 Å². The molecule has 0 saturated carbocycles. The van der Waals surface area contributed by atoms with Gasteiger partial charge in [0.2, 0.25) is 0 Å². The molecule has 0 aliphatic rings. The Labute approximate surface area is 86.7 Å². The van der Waals surface area contributed by atoms with Crippen LogP contribution in [0, 0.1) is 6.92 Å². The normalized spacial score (nSPS) is 10.2. The number of benzene rings is 1. The highest BCUT2D eigenvalue weighted by Crippen LogP contribution is 2.24. The van der Waals surface area contributed by atoms with Gasteiger partial charge in [0.1, 0.15) is 12.4 Å². The summed E-state index contributed by atoms with van der Waals surface area (Å²) in [5, 5.41) is 16.1. The number of hydrogen-bond acceptors (Lipinski definition) is 4. The van der Waals surface area contributed by atoms with E-state index < -0.39 is 0 Å². The van der Waals surface area contributed by atoms with Crippen LogP contribution in [-0.4, -0.2) is 20.3 Å². The van der Waals surface area contributed by atoms with Gasteiger partial charge in [-0.3, -0.25) is 5.10 Å². The molecule has 1 aromatic carbocycles. The van der Waals surface area contributed by atoms with E-state index in [1.165, 1.54) is 0 Å². The zero-order valence-corrected chi connectivity index (χ0v) is 8.27. The monoisotopic (exact) mass is 205 g/mol. The van der Waals surface area contributed by atoms with Crippen LogP contribution in [-0.2, 0) is 6.61 Å². The maximum Gasteiger partial charge on any atom is 0.188 e. The smallest absolute Gasteiger partial charge is 0.188 e. The number of hydrogen-bond donors (Lipinski definition) is 2. The van der Waals surface area contributed by atoms with E-state index in [2.05, 4.69) is 15.2 Å². The number of aromatic hydroxyl groups is 1. The molecular weight excluding hydrogens is 194 g/mol. The van der Waals surface area contributed by atoms with Crippen molar-refractivity contribution in [2.45, 2.75) is 13.5 Å². The Hall–Kier alpha value is -2.04. The molecule has 0 aliphatic heterocycles. The van der Waals surface area contributed by atoms with E-state index >= 15 is 0 Å². The molecule has 0 bridgehead atoms. The average Bonchev–Trinajstić information content (AvgIpc) is 2.63. The molecule has 0 unspecified atom stereocenters. The first kappa shape index (κ1) is 9.51. The number of aryl methyl sites for hydroxylation is 1. The summed E-state index contributed by atoms with van der Waals surface area (Å²) in [4.78, 5) is 4.08. The number of aromatic nitrogens is 3. The molecular formula is C10H11N3O2. The van der Waals surface area contributed by atoms with Gasteiger partial charge in [-0.05, 0) is 19.1 Å². The molecule has 0 saturated heterocycles. The SMILES string of the molecule is Cc1nc(COc2ccccc2O)n[nH]1. The summed E-state index contributed by atoms with van der Waals surface area (Å²) in [5.41, 5.74) is 0. The van der Waals surface area contributed by atoms with Gasteiger partial charge in [0.15, 0.2) is 17.3 Å². The second-order valence-corrected chi connectivity index (χ2v) is 3.09. The predicted molar refractivity (Wildman–Crippen MR) is 53.6 cm³/mol. The van der Waals surface area contributed by atoms with Gasteiger partial charge in [0.25, 0.3) is 0 Å². The predicted octanol–water partition coefficient (Wildman–Crippen LogP) is 1.40. The zero-order valence-electron chi connectivity index (χ0n) is 8.27. The first-order valence-corrected chi connectivity index (χ1v) is 4.54. The Kier molecular flexibility index (Phi) is 2.53. The van der Waals surface area contributed by atoms with Crippen molar-refractivity contribution < 1.29 is 9.84 Å². The summed E-state index contributed by atoms with van der Waals surface area (Å²) in [6, 6.07) is 6.78. The van der Waals surface area contributed by atoms with Crippen molar-refractivity contribution in [3.63, 3.8) is 0 Å². The number of para-hydroxylation sites is 2. The van der Waals surface area contributed by atoms with Crippen molar-refractivity contribution in [1.29, 1.82) is 0 Å². The Bertz CT molecular complexity index is 453. The topological polar surface area (TPSA) is 71.0 Å². The Morgan fingerprint density at radius 1 is 1.40 bits per heavy atom. The first-order chi connectivity index (χ1) is 7.25. The van der Waals surface area contributed by atoms with Gasteiger partial charge in [0.05, 0.1) is 0 Å². The molecule has 0 amide bonds. The average molecular weight is 205 g/mol. The molecule has 0 radical (unpaired) electrons. The number of phenolic OH excluding ortho intramolecular Hbond substituents is 1. The second-order valence-electron chi connectivity index (χ2n) is 3.09. The van der Waals surface area contributed by atoms with Gasteiger partial charge in [-0.2, -0.15) is 5.10 Å². The van der Waals surface area contributed by atoms with E-state index in [9.17, 15) is 5.11 Å². The minimum Gasteiger partial charge on any atom is -0.504 e. The second kappa shape index (κ2) is 4.00. The number of rotatable bonds is 3. The van der Waals surface area contributed by atoms with Crippen LogP contribution in [0.4, 0.5) is 0 Å².